The van der Waals surface area contributed by atoms with Crippen molar-refractivity contribution in [2.24, 2.45) is 5.92 Å². The van der Waals surface area contributed by atoms with Crippen LogP contribution in [-0.4, -0.2) is 48.3 Å². The molecule has 19 heavy (non-hydrogen) atoms. The molecule has 0 radical (unpaired) electrons. The van der Waals surface area contributed by atoms with Crippen LogP contribution in [0.5, 0.6) is 0 Å². The first-order chi connectivity index (χ1) is 8.95. The Bertz CT molecular complexity index is 338. The van der Waals surface area contributed by atoms with Gasteiger partial charge in [0, 0.05) is 25.7 Å². The van der Waals surface area contributed by atoms with Gasteiger partial charge in [-0.05, 0) is 46.5 Å². The Kier molecular flexibility index (Phi) is 4.50. The summed E-state index contributed by atoms with van der Waals surface area (Å²) >= 11 is 0. The van der Waals surface area contributed by atoms with Crippen molar-refractivity contribution in [3.63, 3.8) is 0 Å². The van der Waals surface area contributed by atoms with E-state index in [9.17, 15) is 5.26 Å². The Morgan fingerprint density at radius 3 is 2.32 bits per heavy atom. The summed E-state index contributed by atoms with van der Waals surface area (Å²) in [5, 5.41) is 13.3. The van der Waals surface area contributed by atoms with Gasteiger partial charge in [-0.3, -0.25) is 10.2 Å². The van der Waals surface area contributed by atoms with E-state index in [4.69, 9.17) is 4.74 Å². The van der Waals surface area contributed by atoms with E-state index in [1.807, 2.05) is 0 Å². The number of morpholine rings is 1. The molecule has 4 heteroatoms. The number of rotatable bonds is 5. The highest BCUT2D eigenvalue weighted by molar-refractivity contribution is 5.17. The van der Waals surface area contributed by atoms with Gasteiger partial charge in [0.2, 0.25) is 0 Å². The lowest BCUT2D eigenvalue weighted by Crippen LogP contribution is -2.59. The zero-order valence-electron chi connectivity index (χ0n) is 12.6. The maximum Gasteiger partial charge on any atom is 0.122 e. The van der Waals surface area contributed by atoms with Crippen molar-refractivity contribution < 1.29 is 4.74 Å². The summed E-state index contributed by atoms with van der Waals surface area (Å²) in [7, 11) is 0. The molecule has 2 fully saturated rings. The molecule has 4 nitrogen and oxygen atoms in total. The second-order valence-electron chi connectivity index (χ2n) is 6.61. The smallest absolute Gasteiger partial charge is 0.122 e. The van der Waals surface area contributed by atoms with Crippen molar-refractivity contribution in [2.75, 3.05) is 19.6 Å². The normalized spacial score (nSPS) is 32.0. The molecule has 2 aliphatic rings. The summed E-state index contributed by atoms with van der Waals surface area (Å²) in [6.45, 7) is 11.2. The second kappa shape index (κ2) is 5.78. The van der Waals surface area contributed by atoms with Crippen molar-refractivity contribution in [3.05, 3.63) is 0 Å². The van der Waals surface area contributed by atoms with Crippen molar-refractivity contribution in [2.45, 2.75) is 64.3 Å². The molecule has 1 saturated carbocycles. The fourth-order valence-electron chi connectivity index (χ4n) is 3.31. The average Bonchev–Trinajstić information content (AvgIpc) is 3.09. The zero-order valence-corrected chi connectivity index (χ0v) is 12.6. The molecular formula is C15H27N3O. The quantitative estimate of drug-likeness (QED) is 0.823. The van der Waals surface area contributed by atoms with Gasteiger partial charge in [-0.15, -0.1) is 0 Å². The van der Waals surface area contributed by atoms with Crippen molar-refractivity contribution in [3.8, 4) is 6.07 Å². The van der Waals surface area contributed by atoms with Crippen LogP contribution in [0.1, 0.15) is 40.5 Å². The van der Waals surface area contributed by atoms with E-state index in [0.29, 0.717) is 12.0 Å². The molecule has 2 rings (SSSR count). The largest absolute Gasteiger partial charge is 0.373 e. The fraction of sp³-hybridized carbons (Fsp3) is 0.933. The monoisotopic (exact) mass is 265 g/mol. The molecule has 3 atom stereocenters. The van der Waals surface area contributed by atoms with E-state index in [-0.39, 0.29) is 17.7 Å². The summed E-state index contributed by atoms with van der Waals surface area (Å²) in [5.74, 6) is 0.522. The van der Waals surface area contributed by atoms with Gasteiger partial charge in [-0.25, -0.2) is 0 Å². The maximum absolute atomic E-state index is 9.73. The SMILES string of the molecule is CC(C)NC(C#N)(CN1CC(C)OC(C)C1)C1CC1. The molecular weight excluding hydrogens is 238 g/mol. The lowest BCUT2D eigenvalue weighted by atomic mass is 9.92. The third-order valence-corrected chi connectivity index (χ3v) is 3.99. The van der Waals surface area contributed by atoms with Gasteiger partial charge in [-0.2, -0.15) is 5.26 Å². The molecule has 0 aromatic rings. The van der Waals surface area contributed by atoms with Gasteiger partial charge in [0.1, 0.15) is 5.54 Å². The van der Waals surface area contributed by atoms with Crippen LogP contribution in [0.2, 0.25) is 0 Å². The van der Waals surface area contributed by atoms with Crippen molar-refractivity contribution in [1.29, 1.82) is 5.26 Å². The average molecular weight is 265 g/mol. The first-order valence-electron chi connectivity index (χ1n) is 7.52. The van der Waals surface area contributed by atoms with E-state index in [0.717, 1.165) is 19.6 Å². The standard InChI is InChI=1S/C15H27N3O/c1-11(2)17-15(9-16,14-5-6-14)10-18-7-12(3)19-13(4)8-18/h11-14,17H,5-8,10H2,1-4H3. The topological polar surface area (TPSA) is 48.3 Å². The highest BCUT2D eigenvalue weighted by Crippen LogP contribution is 2.40. The third kappa shape index (κ3) is 3.68. The fourth-order valence-corrected chi connectivity index (χ4v) is 3.31. The van der Waals surface area contributed by atoms with Gasteiger partial charge < -0.3 is 4.74 Å². The third-order valence-electron chi connectivity index (χ3n) is 3.99. The zero-order chi connectivity index (χ0) is 14.0. The summed E-state index contributed by atoms with van der Waals surface area (Å²) in [6, 6.07) is 2.94. The van der Waals surface area contributed by atoms with Gasteiger partial charge >= 0.3 is 0 Å². The van der Waals surface area contributed by atoms with Crippen LogP contribution in [0, 0.1) is 17.2 Å². The summed E-state index contributed by atoms with van der Waals surface area (Å²) < 4.78 is 5.78. The minimum absolute atomic E-state index is 0.262. The molecule has 1 aliphatic carbocycles. The molecule has 0 aromatic carbocycles. The Morgan fingerprint density at radius 2 is 1.89 bits per heavy atom. The molecule has 1 N–H and O–H groups in total. The minimum atomic E-state index is -0.370. The highest BCUT2D eigenvalue weighted by Gasteiger charge is 2.47. The van der Waals surface area contributed by atoms with Crippen molar-refractivity contribution in [1.82, 2.24) is 10.2 Å². The molecule has 0 amide bonds. The van der Waals surface area contributed by atoms with Crippen LogP contribution in [0.15, 0.2) is 0 Å². The molecule has 0 bridgehead atoms. The summed E-state index contributed by atoms with van der Waals surface area (Å²) in [6.07, 6.45) is 2.89. The Morgan fingerprint density at radius 1 is 1.32 bits per heavy atom. The van der Waals surface area contributed by atoms with E-state index in [1.54, 1.807) is 0 Å². The Hall–Kier alpha value is -0.630. The Labute approximate surface area is 117 Å². The predicted molar refractivity (Wildman–Crippen MR) is 75.8 cm³/mol. The number of hydrogen-bond donors (Lipinski definition) is 1. The number of nitrogens with one attached hydrogen (secondary N) is 1. The maximum atomic E-state index is 9.73. The van der Waals surface area contributed by atoms with E-state index >= 15 is 0 Å². The van der Waals surface area contributed by atoms with Gasteiger partial charge in [0.25, 0.3) is 0 Å². The second-order valence-corrected chi connectivity index (χ2v) is 6.61. The van der Waals surface area contributed by atoms with Crippen LogP contribution in [0.4, 0.5) is 0 Å². The van der Waals surface area contributed by atoms with Crippen LogP contribution < -0.4 is 5.32 Å². The minimum Gasteiger partial charge on any atom is -0.373 e. The number of hydrogen-bond acceptors (Lipinski definition) is 4. The van der Waals surface area contributed by atoms with E-state index in [1.165, 1.54) is 12.8 Å². The molecule has 1 saturated heterocycles. The van der Waals surface area contributed by atoms with Crippen LogP contribution in [0.25, 0.3) is 0 Å². The number of ether oxygens (including phenoxy) is 1. The molecule has 1 aliphatic heterocycles. The first-order valence-corrected chi connectivity index (χ1v) is 7.52. The van der Waals surface area contributed by atoms with Gasteiger partial charge in [-0.1, -0.05) is 0 Å². The predicted octanol–water partition coefficient (Wildman–Crippen LogP) is 1.77. The molecule has 0 spiro atoms. The lowest BCUT2D eigenvalue weighted by molar-refractivity contribution is -0.0731. The molecule has 0 aromatic heterocycles. The highest BCUT2D eigenvalue weighted by atomic mass is 16.5. The summed E-state index contributed by atoms with van der Waals surface area (Å²) in [4.78, 5) is 2.40. The Balaban J connectivity index is 2.05. The van der Waals surface area contributed by atoms with Crippen LogP contribution >= 0.6 is 0 Å². The first kappa shape index (κ1) is 14.8. The van der Waals surface area contributed by atoms with Crippen LogP contribution in [-0.2, 0) is 4.74 Å². The molecule has 108 valence electrons. The molecule has 3 unspecified atom stereocenters. The van der Waals surface area contributed by atoms with Gasteiger partial charge in [0.05, 0.1) is 18.3 Å². The van der Waals surface area contributed by atoms with Crippen molar-refractivity contribution >= 4 is 0 Å². The van der Waals surface area contributed by atoms with Gasteiger partial charge in [0.15, 0.2) is 0 Å². The van der Waals surface area contributed by atoms with E-state index < -0.39 is 0 Å². The molecule has 1 heterocycles. The van der Waals surface area contributed by atoms with Crippen LogP contribution in [0.3, 0.4) is 0 Å². The number of nitrogens with zero attached hydrogens (tertiary/aromatic N) is 2. The van der Waals surface area contributed by atoms with E-state index in [2.05, 4.69) is 44.0 Å². The lowest BCUT2D eigenvalue weighted by Gasteiger charge is -2.41. The summed E-state index contributed by atoms with van der Waals surface area (Å²) in [5.41, 5.74) is -0.370. The number of nitriles is 1.